The van der Waals surface area contributed by atoms with Gasteiger partial charge in [-0.2, -0.15) is 0 Å². The summed E-state index contributed by atoms with van der Waals surface area (Å²) in [6.07, 6.45) is 5.31. The van der Waals surface area contributed by atoms with Crippen molar-refractivity contribution in [3.8, 4) is 0 Å². The van der Waals surface area contributed by atoms with Crippen LogP contribution in [0.5, 0.6) is 0 Å². The third-order valence-corrected chi connectivity index (χ3v) is 5.43. The number of hydrogen-bond acceptors (Lipinski definition) is 6. The van der Waals surface area contributed by atoms with Gasteiger partial charge < -0.3 is 11.1 Å². The summed E-state index contributed by atoms with van der Waals surface area (Å²) < 4.78 is 0. The Morgan fingerprint density at radius 1 is 1.13 bits per heavy atom. The minimum atomic E-state index is -0.171. The van der Waals surface area contributed by atoms with Crippen molar-refractivity contribution in [1.82, 2.24) is 9.97 Å². The smallest absolute Gasteiger partial charge is 0.255 e. The van der Waals surface area contributed by atoms with Crippen molar-refractivity contribution in [3.63, 3.8) is 0 Å². The summed E-state index contributed by atoms with van der Waals surface area (Å²) in [5.41, 5.74) is 10.8. The van der Waals surface area contributed by atoms with E-state index in [9.17, 15) is 4.79 Å². The van der Waals surface area contributed by atoms with Gasteiger partial charge in [-0.15, -0.1) is 11.3 Å². The predicted octanol–water partition coefficient (Wildman–Crippen LogP) is 5.03. The number of nitrogens with one attached hydrogen (secondary N) is 1. The van der Waals surface area contributed by atoms with Crippen molar-refractivity contribution in [2.75, 3.05) is 10.2 Å². The molecule has 1 amide bonds. The molecule has 2 aromatic heterocycles. The maximum atomic E-state index is 12.7. The molecule has 2 aromatic carbocycles. The van der Waals surface area contributed by atoms with Crippen LogP contribution < -0.4 is 16.0 Å². The molecule has 0 atom stereocenters. The summed E-state index contributed by atoms with van der Waals surface area (Å²) in [5, 5.41) is 5.75. The Kier molecular flexibility index (Phi) is 5.83. The highest BCUT2D eigenvalue weighted by molar-refractivity contribution is 7.13. The number of carbonyl (C=O) groups is 1. The minimum Gasteiger partial charge on any atom is -0.326 e. The number of pyridine rings is 1. The zero-order valence-electron chi connectivity index (χ0n) is 16.4. The van der Waals surface area contributed by atoms with Crippen LogP contribution >= 0.6 is 11.3 Å². The number of carbonyl (C=O) groups excluding carboxylic acids is 1. The number of nitrogens with zero attached hydrogens (tertiary/aromatic N) is 3. The monoisotopic (exact) mass is 415 g/mol. The van der Waals surface area contributed by atoms with E-state index in [1.165, 1.54) is 11.3 Å². The van der Waals surface area contributed by atoms with E-state index in [-0.39, 0.29) is 5.91 Å². The third-order valence-electron chi connectivity index (χ3n) is 4.67. The van der Waals surface area contributed by atoms with Crippen LogP contribution in [0.15, 0.2) is 78.6 Å². The second-order valence-electron chi connectivity index (χ2n) is 6.72. The van der Waals surface area contributed by atoms with E-state index in [1.54, 1.807) is 30.7 Å². The van der Waals surface area contributed by atoms with Gasteiger partial charge in [0, 0.05) is 35.6 Å². The standard InChI is InChI=1S/C23H21N5OS/c1-16-4-9-19(27-22(29)18-7-5-17(14-24)6-8-18)13-21(16)28(23-26-11-12-30-23)20-3-2-10-25-15-20/h2-13,15H,14,24H2,1H3,(H,27,29). The van der Waals surface area contributed by atoms with E-state index in [1.807, 2.05) is 59.7 Å². The van der Waals surface area contributed by atoms with Gasteiger partial charge in [-0.3, -0.25) is 14.7 Å². The second kappa shape index (κ2) is 8.86. The highest BCUT2D eigenvalue weighted by Crippen LogP contribution is 2.38. The molecule has 0 aliphatic rings. The molecular formula is C23H21N5OS. The maximum absolute atomic E-state index is 12.7. The average molecular weight is 416 g/mol. The molecule has 0 unspecified atom stereocenters. The fourth-order valence-corrected chi connectivity index (χ4v) is 3.76. The van der Waals surface area contributed by atoms with Crippen molar-refractivity contribution in [1.29, 1.82) is 0 Å². The zero-order valence-corrected chi connectivity index (χ0v) is 17.3. The van der Waals surface area contributed by atoms with Crippen LogP contribution in [0.3, 0.4) is 0 Å². The molecule has 150 valence electrons. The topological polar surface area (TPSA) is 84.1 Å². The second-order valence-corrected chi connectivity index (χ2v) is 7.59. The molecule has 0 saturated heterocycles. The number of thiazole rings is 1. The first-order chi connectivity index (χ1) is 14.7. The molecule has 0 saturated carbocycles. The van der Waals surface area contributed by atoms with Crippen LogP contribution in [-0.4, -0.2) is 15.9 Å². The lowest BCUT2D eigenvalue weighted by atomic mass is 10.1. The molecule has 3 N–H and O–H groups in total. The molecular weight excluding hydrogens is 394 g/mol. The first-order valence-corrected chi connectivity index (χ1v) is 10.3. The minimum absolute atomic E-state index is 0.171. The van der Waals surface area contributed by atoms with Gasteiger partial charge in [-0.25, -0.2) is 4.98 Å². The molecule has 0 fully saturated rings. The van der Waals surface area contributed by atoms with Crippen LogP contribution in [0.2, 0.25) is 0 Å². The molecule has 0 bridgehead atoms. The summed E-state index contributed by atoms with van der Waals surface area (Å²) in [4.78, 5) is 23.5. The number of anilines is 4. The zero-order chi connectivity index (χ0) is 20.9. The van der Waals surface area contributed by atoms with Crippen molar-refractivity contribution in [2.45, 2.75) is 13.5 Å². The van der Waals surface area contributed by atoms with Crippen LogP contribution in [-0.2, 0) is 6.54 Å². The molecule has 4 rings (SSSR count). The number of rotatable bonds is 6. The number of nitrogens with two attached hydrogens (primary N) is 1. The van der Waals surface area contributed by atoms with Crippen molar-refractivity contribution in [2.24, 2.45) is 5.73 Å². The van der Waals surface area contributed by atoms with Crippen LogP contribution in [0.1, 0.15) is 21.5 Å². The van der Waals surface area contributed by atoms with E-state index in [2.05, 4.69) is 15.3 Å². The first kappa shape index (κ1) is 19.8. The van der Waals surface area contributed by atoms with Gasteiger partial charge in [0.2, 0.25) is 0 Å². The number of hydrogen-bond donors (Lipinski definition) is 2. The first-order valence-electron chi connectivity index (χ1n) is 9.46. The van der Waals surface area contributed by atoms with E-state index < -0.39 is 0 Å². The Hall–Kier alpha value is -3.55. The summed E-state index contributed by atoms with van der Waals surface area (Å²) >= 11 is 1.54. The van der Waals surface area contributed by atoms with E-state index in [0.717, 1.165) is 27.6 Å². The summed E-state index contributed by atoms with van der Waals surface area (Å²) in [5.74, 6) is -0.171. The Labute approximate surface area is 179 Å². The molecule has 6 nitrogen and oxygen atoms in total. The molecule has 2 heterocycles. The van der Waals surface area contributed by atoms with Gasteiger partial charge in [0.25, 0.3) is 5.91 Å². The Morgan fingerprint density at radius 2 is 1.97 bits per heavy atom. The molecule has 0 radical (unpaired) electrons. The van der Waals surface area contributed by atoms with Crippen molar-refractivity contribution < 1.29 is 4.79 Å². The largest absolute Gasteiger partial charge is 0.326 e. The molecule has 0 aliphatic heterocycles. The molecule has 0 aliphatic carbocycles. The number of aromatic nitrogens is 2. The van der Waals surface area contributed by atoms with Gasteiger partial charge in [0.15, 0.2) is 5.13 Å². The van der Waals surface area contributed by atoms with E-state index in [4.69, 9.17) is 5.73 Å². The van der Waals surface area contributed by atoms with Crippen molar-refractivity contribution >= 4 is 39.4 Å². The lowest BCUT2D eigenvalue weighted by molar-refractivity contribution is 0.102. The van der Waals surface area contributed by atoms with Crippen LogP contribution in [0.4, 0.5) is 22.2 Å². The fraction of sp³-hybridized carbons (Fsp3) is 0.0870. The number of aryl methyl sites for hydroxylation is 1. The normalized spacial score (nSPS) is 10.6. The maximum Gasteiger partial charge on any atom is 0.255 e. The Bertz CT molecular complexity index is 1130. The van der Waals surface area contributed by atoms with Crippen molar-refractivity contribution in [3.05, 3.63) is 95.3 Å². The number of benzene rings is 2. The molecule has 7 heteroatoms. The fourth-order valence-electron chi connectivity index (χ4n) is 3.09. The highest BCUT2D eigenvalue weighted by atomic mass is 32.1. The summed E-state index contributed by atoms with van der Waals surface area (Å²) in [6, 6.07) is 17.0. The summed E-state index contributed by atoms with van der Waals surface area (Å²) in [7, 11) is 0. The predicted molar refractivity (Wildman–Crippen MR) is 122 cm³/mol. The van der Waals surface area contributed by atoms with Gasteiger partial charge in [0.05, 0.1) is 17.6 Å². The quantitative estimate of drug-likeness (QED) is 0.461. The highest BCUT2D eigenvalue weighted by Gasteiger charge is 2.18. The Morgan fingerprint density at radius 3 is 2.63 bits per heavy atom. The molecule has 0 spiro atoms. The summed E-state index contributed by atoms with van der Waals surface area (Å²) in [6.45, 7) is 2.48. The lowest BCUT2D eigenvalue weighted by Gasteiger charge is -2.24. The average Bonchev–Trinajstić information content (AvgIpc) is 3.31. The van der Waals surface area contributed by atoms with Crippen LogP contribution in [0, 0.1) is 6.92 Å². The number of amides is 1. The molecule has 30 heavy (non-hydrogen) atoms. The van der Waals surface area contributed by atoms with Crippen LogP contribution in [0.25, 0.3) is 0 Å². The molecule has 4 aromatic rings. The lowest BCUT2D eigenvalue weighted by Crippen LogP contribution is -2.14. The van der Waals surface area contributed by atoms with Gasteiger partial charge in [0.1, 0.15) is 0 Å². The third kappa shape index (κ3) is 4.22. The van der Waals surface area contributed by atoms with Gasteiger partial charge in [-0.05, 0) is 54.4 Å². The SMILES string of the molecule is Cc1ccc(NC(=O)c2ccc(CN)cc2)cc1N(c1cccnc1)c1nccs1. The van der Waals surface area contributed by atoms with E-state index in [0.29, 0.717) is 17.8 Å². The Balaban J connectivity index is 1.67. The van der Waals surface area contributed by atoms with Gasteiger partial charge >= 0.3 is 0 Å². The van der Waals surface area contributed by atoms with E-state index >= 15 is 0 Å². The van der Waals surface area contributed by atoms with Gasteiger partial charge in [-0.1, -0.05) is 18.2 Å².